The number of hydrogen-bond acceptors (Lipinski definition) is 7. The maximum absolute atomic E-state index is 12.6. The number of phosphoric ester groups is 1. The third-order valence-corrected chi connectivity index (χ3v) is 9.08. The fraction of sp³-hybridized carbons (Fsp3) is 0.609. The number of carbonyl (C=O) groups is 2. The third-order valence-electron chi connectivity index (χ3n) is 8.09. The van der Waals surface area contributed by atoms with Crippen LogP contribution in [-0.2, 0) is 32.7 Å². The van der Waals surface area contributed by atoms with E-state index in [-0.39, 0.29) is 26.1 Å². The summed E-state index contributed by atoms with van der Waals surface area (Å²) in [6, 6.07) is 0. The maximum Gasteiger partial charge on any atom is 0.472 e. The summed E-state index contributed by atoms with van der Waals surface area (Å²) in [5.74, 6) is -0.926. The van der Waals surface area contributed by atoms with Gasteiger partial charge >= 0.3 is 19.8 Å². The van der Waals surface area contributed by atoms with Crippen LogP contribution < -0.4 is 0 Å². The van der Waals surface area contributed by atoms with E-state index in [0.29, 0.717) is 23.9 Å². The van der Waals surface area contributed by atoms with Gasteiger partial charge in [-0.05, 0) is 77.0 Å². The standard InChI is InChI=1S/C46H76NO8P/c1-6-8-10-12-14-16-18-20-21-22-23-24-25-27-29-31-33-35-37-39-46(49)55-44(43-54-56(50,51)53-41-40-47(3,4)5)42-52-45(48)38-36-34-32-30-28-26-19-17-15-13-11-9-7-2/h8,10-11,13-14,16-17,19-21,23-24,27,29,33,35,44H,6-7,9,12,15,18,22,25-26,28,30-32,34,36-43H2,1-5H3/p+1/b10-8-,13-11-,16-14-,19-17-,21-20-,24-23-,29-27-,35-33-. The van der Waals surface area contributed by atoms with E-state index < -0.39 is 32.5 Å². The van der Waals surface area contributed by atoms with Crippen LogP contribution in [0.5, 0.6) is 0 Å². The highest BCUT2D eigenvalue weighted by Crippen LogP contribution is 2.43. The van der Waals surface area contributed by atoms with Gasteiger partial charge in [0.25, 0.3) is 0 Å². The van der Waals surface area contributed by atoms with E-state index in [9.17, 15) is 19.0 Å². The molecule has 0 saturated carbocycles. The van der Waals surface area contributed by atoms with Crippen LogP contribution in [0, 0.1) is 0 Å². The van der Waals surface area contributed by atoms with E-state index in [1.165, 1.54) is 6.42 Å². The number of quaternary nitrogens is 1. The lowest BCUT2D eigenvalue weighted by Gasteiger charge is -2.24. The summed E-state index contributed by atoms with van der Waals surface area (Å²) in [4.78, 5) is 35.3. The number of rotatable bonds is 36. The van der Waals surface area contributed by atoms with Crippen LogP contribution in [0.25, 0.3) is 0 Å². The first kappa shape index (κ1) is 52.9. The van der Waals surface area contributed by atoms with Gasteiger partial charge in [-0.25, -0.2) is 4.57 Å². The van der Waals surface area contributed by atoms with E-state index in [0.717, 1.165) is 83.5 Å². The molecule has 0 bridgehead atoms. The molecule has 0 fully saturated rings. The first-order valence-corrected chi connectivity index (χ1v) is 22.5. The van der Waals surface area contributed by atoms with Gasteiger partial charge in [0.1, 0.15) is 19.8 Å². The van der Waals surface area contributed by atoms with Crippen LogP contribution in [-0.4, -0.2) is 74.9 Å². The number of phosphoric acid groups is 1. The predicted octanol–water partition coefficient (Wildman–Crippen LogP) is 11.8. The van der Waals surface area contributed by atoms with Crippen LogP contribution in [0.3, 0.4) is 0 Å². The van der Waals surface area contributed by atoms with Crippen LogP contribution >= 0.6 is 7.82 Å². The SMILES string of the molecule is CC/C=C\C/C=C\C/C=C\C/C=C\C/C=C\C/C=C\CCC(=O)OC(COC(=O)CCCCCCC/C=C\C/C=C\CCC)COP(=O)(O)OCC[N+](C)(C)C. The minimum atomic E-state index is -4.40. The molecule has 10 heteroatoms. The molecular weight excluding hydrogens is 725 g/mol. The van der Waals surface area contributed by atoms with Crippen molar-refractivity contribution in [3.8, 4) is 0 Å². The normalized spacial score (nSPS) is 14.6. The van der Waals surface area contributed by atoms with Gasteiger partial charge < -0.3 is 18.9 Å². The smallest absolute Gasteiger partial charge is 0.462 e. The highest BCUT2D eigenvalue weighted by atomic mass is 31.2. The summed E-state index contributed by atoms with van der Waals surface area (Å²) in [6.07, 6.45) is 49.0. The van der Waals surface area contributed by atoms with Crippen LogP contribution in [0.2, 0.25) is 0 Å². The summed E-state index contributed by atoms with van der Waals surface area (Å²) in [5.41, 5.74) is 0. The number of unbranched alkanes of at least 4 members (excludes halogenated alkanes) is 6. The van der Waals surface area contributed by atoms with Crippen LogP contribution in [0.15, 0.2) is 97.2 Å². The first-order valence-electron chi connectivity index (χ1n) is 21.0. The minimum Gasteiger partial charge on any atom is -0.462 e. The number of ether oxygens (including phenoxy) is 2. The molecule has 0 aromatic heterocycles. The van der Waals surface area contributed by atoms with Crippen molar-refractivity contribution in [1.29, 1.82) is 0 Å². The number of carbonyl (C=O) groups excluding carboxylic acids is 2. The molecule has 0 radical (unpaired) electrons. The maximum atomic E-state index is 12.6. The Morgan fingerprint density at radius 2 is 1.05 bits per heavy atom. The van der Waals surface area contributed by atoms with Gasteiger partial charge in [-0.15, -0.1) is 0 Å². The Morgan fingerprint density at radius 3 is 1.59 bits per heavy atom. The first-order chi connectivity index (χ1) is 27.0. The summed E-state index contributed by atoms with van der Waals surface area (Å²) < 4.78 is 34.1. The van der Waals surface area contributed by atoms with Crippen molar-refractivity contribution in [3.63, 3.8) is 0 Å². The summed E-state index contributed by atoms with van der Waals surface area (Å²) in [7, 11) is 1.40. The van der Waals surface area contributed by atoms with Gasteiger partial charge in [0.05, 0.1) is 27.7 Å². The molecule has 0 aliphatic rings. The summed E-state index contributed by atoms with van der Waals surface area (Å²) in [5, 5.41) is 0. The van der Waals surface area contributed by atoms with Gasteiger partial charge in [-0.2, -0.15) is 0 Å². The zero-order chi connectivity index (χ0) is 41.4. The number of likely N-dealkylation sites (N-methyl/N-ethyl adjacent to an activating group) is 1. The van der Waals surface area contributed by atoms with Crippen LogP contribution in [0.1, 0.15) is 129 Å². The van der Waals surface area contributed by atoms with E-state index in [2.05, 4.69) is 98.9 Å². The molecule has 0 aliphatic carbocycles. The van der Waals surface area contributed by atoms with Crippen molar-refractivity contribution < 1.29 is 42.1 Å². The fourth-order valence-corrected chi connectivity index (χ4v) is 5.58. The predicted molar refractivity (Wildman–Crippen MR) is 233 cm³/mol. The van der Waals surface area contributed by atoms with Crippen molar-refractivity contribution >= 4 is 19.8 Å². The van der Waals surface area contributed by atoms with Crippen LogP contribution in [0.4, 0.5) is 0 Å². The highest BCUT2D eigenvalue weighted by Gasteiger charge is 2.27. The molecule has 1 N–H and O–H groups in total. The van der Waals surface area contributed by atoms with Crippen molar-refractivity contribution in [1.82, 2.24) is 0 Å². The molecule has 0 spiro atoms. The van der Waals surface area contributed by atoms with Crippen molar-refractivity contribution in [3.05, 3.63) is 97.2 Å². The molecule has 0 aromatic rings. The number of hydrogen-bond donors (Lipinski definition) is 1. The topological polar surface area (TPSA) is 108 Å². The van der Waals surface area contributed by atoms with E-state index in [4.69, 9.17) is 18.5 Å². The van der Waals surface area contributed by atoms with E-state index >= 15 is 0 Å². The quantitative estimate of drug-likeness (QED) is 0.0219. The fourth-order valence-electron chi connectivity index (χ4n) is 4.84. The Morgan fingerprint density at radius 1 is 0.571 bits per heavy atom. The molecule has 0 aromatic carbocycles. The van der Waals surface area contributed by atoms with Crippen molar-refractivity contribution in [2.75, 3.05) is 47.5 Å². The molecule has 2 unspecified atom stereocenters. The third kappa shape index (κ3) is 40.6. The van der Waals surface area contributed by atoms with E-state index in [1.54, 1.807) is 0 Å². The molecule has 0 amide bonds. The Bertz CT molecular complexity index is 1270. The van der Waals surface area contributed by atoms with Gasteiger partial charge in [0.2, 0.25) is 0 Å². The second-order valence-corrected chi connectivity index (χ2v) is 16.1. The Kier molecular flexibility index (Phi) is 35.4. The van der Waals surface area contributed by atoms with Gasteiger partial charge in [0, 0.05) is 12.8 Å². The summed E-state index contributed by atoms with van der Waals surface area (Å²) in [6.45, 7) is 4.10. The molecule has 2 atom stereocenters. The lowest BCUT2D eigenvalue weighted by molar-refractivity contribution is -0.870. The second-order valence-electron chi connectivity index (χ2n) is 14.6. The zero-order valence-electron chi connectivity index (χ0n) is 35.6. The lowest BCUT2D eigenvalue weighted by atomic mass is 10.1. The van der Waals surface area contributed by atoms with Crippen molar-refractivity contribution in [2.45, 2.75) is 136 Å². The monoisotopic (exact) mass is 803 g/mol. The molecule has 9 nitrogen and oxygen atoms in total. The van der Waals surface area contributed by atoms with Crippen molar-refractivity contribution in [2.24, 2.45) is 0 Å². The molecule has 0 rings (SSSR count). The molecule has 0 saturated heterocycles. The van der Waals surface area contributed by atoms with Gasteiger partial charge in [-0.1, -0.05) is 137 Å². The Labute approximate surface area is 341 Å². The average Bonchev–Trinajstić information content (AvgIpc) is 3.15. The number of esters is 2. The van der Waals surface area contributed by atoms with E-state index in [1.807, 2.05) is 33.3 Å². The highest BCUT2D eigenvalue weighted by molar-refractivity contribution is 7.47. The largest absolute Gasteiger partial charge is 0.472 e. The molecule has 56 heavy (non-hydrogen) atoms. The summed E-state index contributed by atoms with van der Waals surface area (Å²) >= 11 is 0. The van der Waals surface area contributed by atoms with Gasteiger partial charge in [0.15, 0.2) is 6.10 Å². The van der Waals surface area contributed by atoms with Gasteiger partial charge in [-0.3, -0.25) is 18.6 Å². The average molecular weight is 803 g/mol. The minimum absolute atomic E-state index is 0.0100. The zero-order valence-corrected chi connectivity index (χ0v) is 36.5. The number of nitrogens with zero attached hydrogens (tertiary/aromatic N) is 1. The molecule has 318 valence electrons. The Hall–Kier alpha value is -3.07. The molecule has 0 aliphatic heterocycles. The lowest BCUT2D eigenvalue weighted by Crippen LogP contribution is -2.37. The second kappa shape index (κ2) is 37.5. The molecule has 0 heterocycles. The Balaban J connectivity index is 4.56. The molecular formula is C46H77NO8P+. The number of allylic oxidation sites excluding steroid dienone is 16.